The maximum Gasteiger partial charge on any atom is 0.408 e. The van der Waals surface area contributed by atoms with E-state index in [1.54, 1.807) is 26.8 Å². The summed E-state index contributed by atoms with van der Waals surface area (Å²) in [5.74, 6) is -0.157. The highest BCUT2D eigenvalue weighted by Gasteiger charge is 2.19. The van der Waals surface area contributed by atoms with Crippen LogP contribution in [0, 0.1) is 0 Å². The number of carboxylic acid groups (broad SMARTS) is 1. The van der Waals surface area contributed by atoms with Crippen molar-refractivity contribution in [3.63, 3.8) is 0 Å². The number of aliphatic carboxylic acids is 1. The quantitative estimate of drug-likeness (QED) is 0.691. The second-order valence-corrected chi connectivity index (χ2v) is 8.34. The van der Waals surface area contributed by atoms with Crippen molar-refractivity contribution in [2.45, 2.75) is 71.6 Å². The van der Waals surface area contributed by atoms with E-state index < -0.39 is 17.7 Å². The highest BCUT2D eigenvalue weighted by Crippen LogP contribution is 2.19. The van der Waals surface area contributed by atoms with Gasteiger partial charge in [0, 0.05) is 0 Å². The Morgan fingerprint density at radius 3 is 2.15 bits per heavy atom. The number of nitrogens with one attached hydrogen (secondary N) is 1. The minimum Gasteiger partial charge on any atom is -0.488 e. The molecule has 2 N–H and O–H groups in total. The van der Waals surface area contributed by atoms with Gasteiger partial charge >= 0.3 is 12.1 Å². The van der Waals surface area contributed by atoms with Crippen LogP contribution < -0.4 is 10.1 Å². The molecule has 0 radical (unpaired) electrons. The Kier molecular flexibility index (Phi) is 7.88. The lowest BCUT2D eigenvalue weighted by Crippen LogP contribution is -2.39. The van der Waals surface area contributed by atoms with Gasteiger partial charge in [-0.2, -0.15) is 0 Å². The van der Waals surface area contributed by atoms with Gasteiger partial charge < -0.3 is 19.9 Å². The molecule has 1 aromatic rings. The summed E-state index contributed by atoms with van der Waals surface area (Å²) < 4.78 is 11.1. The van der Waals surface area contributed by atoms with Gasteiger partial charge in [0.05, 0.1) is 12.5 Å². The predicted octanol–water partition coefficient (Wildman–Crippen LogP) is 4.33. The number of ether oxygens (including phenoxy) is 2. The van der Waals surface area contributed by atoms with Crippen LogP contribution >= 0.6 is 0 Å². The summed E-state index contributed by atoms with van der Waals surface area (Å²) in [5, 5.41) is 11.6. The molecule has 0 fully saturated rings. The largest absolute Gasteiger partial charge is 0.488 e. The van der Waals surface area contributed by atoms with Crippen LogP contribution in [-0.2, 0) is 16.0 Å². The van der Waals surface area contributed by atoms with Gasteiger partial charge in [-0.1, -0.05) is 24.3 Å². The molecule has 0 bridgehead atoms. The van der Waals surface area contributed by atoms with Crippen LogP contribution in [0.4, 0.5) is 4.79 Å². The molecule has 0 saturated heterocycles. The number of carbonyl (C=O) groups excluding carboxylic acids is 1. The molecule has 0 aliphatic rings. The van der Waals surface area contributed by atoms with Gasteiger partial charge in [0.1, 0.15) is 17.0 Å². The van der Waals surface area contributed by atoms with E-state index in [4.69, 9.17) is 14.6 Å². The molecule has 0 aliphatic heterocycles. The van der Waals surface area contributed by atoms with Gasteiger partial charge in [-0.25, -0.2) is 4.79 Å². The van der Waals surface area contributed by atoms with Crippen LogP contribution in [0.5, 0.6) is 5.75 Å². The second-order valence-electron chi connectivity index (χ2n) is 8.34. The van der Waals surface area contributed by atoms with E-state index in [1.165, 1.54) is 6.08 Å². The normalized spacial score (nSPS) is 13.3. The van der Waals surface area contributed by atoms with Crippen LogP contribution in [0.2, 0.25) is 0 Å². The van der Waals surface area contributed by atoms with Gasteiger partial charge in [0.2, 0.25) is 0 Å². The van der Waals surface area contributed by atoms with Gasteiger partial charge in [0.15, 0.2) is 0 Å². The molecule has 0 unspecified atom stereocenters. The third-order valence-corrected chi connectivity index (χ3v) is 3.17. The first kappa shape index (κ1) is 22.5. The zero-order chi connectivity index (χ0) is 20.7. The molecule has 1 amide bonds. The Labute approximate surface area is 161 Å². The molecule has 0 aromatic heterocycles. The summed E-state index contributed by atoms with van der Waals surface area (Å²) in [6.07, 6.45) is 3.06. The molecule has 27 heavy (non-hydrogen) atoms. The number of carbonyl (C=O) groups is 2. The number of amides is 1. The molecule has 1 aromatic carbocycles. The summed E-state index contributed by atoms with van der Waals surface area (Å²) in [6, 6.07) is 7.23. The van der Waals surface area contributed by atoms with E-state index in [9.17, 15) is 9.59 Å². The molecule has 1 atom stereocenters. The zero-order valence-corrected chi connectivity index (χ0v) is 17.0. The molecule has 6 heteroatoms. The van der Waals surface area contributed by atoms with Crippen molar-refractivity contribution in [3.8, 4) is 5.75 Å². The minimum absolute atomic E-state index is 0.106. The first-order valence-electron chi connectivity index (χ1n) is 9.00. The summed E-state index contributed by atoms with van der Waals surface area (Å²) in [6.45, 7) is 11.3. The molecule has 0 spiro atoms. The standard InChI is InChI=1S/C21H31NO5/c1-20(2,3)26-17-12-10-15(11-13-17)14-16(8-7-9-18(23)24)22-19(25)27-21(4,5)6/h7-8,10-13,16H,9,14H2,1-6H3,(H,22,25)(H,23,24)/b8-7+/t16-/m1/s1. The second kappa shape index (κ2) is 9.44. The molecule has 0 aliphatic carbocycles. The molecular weight excluding hydrogens is 346 g/mol. The fourth-order valence-corrected chi connectivity index (χ4v) is 2.26. The smallest absolute Gasteiger partial charge is 0.408 e. The Hall–Kier alpha value is -2.50. The summed E-state index contributed by atoms with van der Waals surface area (Å²) in [4.78, 5) is 22.8. The minimum atomic E-state index is -0.925. The van der Waals surface area contributed by atoms with Crippen molar-refractivity contribution in [3.05, 3.63) is 42.0 Å². The van der Waals surface area contributed by atoms with E-state index in [0.29, 0.717) is 6.42 Å². The molecule has 0 heterocycles. The Bertz CT molecular complexity index is 651. The van der Waals surface area contributed by atoms with Crippen LogP contribution in [-0.4, -0.2) is 34.4 Å². The highest BCUT2D eigenvalue weighted by atomic mass is 16.6. The van der Waals surface area contributed by atoms with Crippen LogP contribution in [0.3, 0.4) is 0 Å². The van der Waals surface area contributed by atoms with Gasteiger partial charge in [-0.3, -0.25) is 4.79 Å². The third kappa shape index (κ3) is 10.9. The number of benzene rings is 1. The third-order valence-electron chi connectivity index (χ3n) is 3.17. The van der Waals surface area contributed by atoms with Crippen molar-refractivity contribution < 1.29 is 24.2 Å². The van der Waals surface area contributed by atoms with Crippen molar-refractivity contribution in [2.75, 3.05) is 0 Å². The molecule has 0 saturated carbocycles. The van der Waals surface area contributed by atoms with Crippen molar-refractivity contribution in [1.82, 2.24) is 5.32 Å². The Morgan fingerprint density at radius 1 is 1.07 bits per heavy atom. The molecule has 1 rings (SSSR count). The maximum atomic E-state index is 12.1. The fourth-order valence-electron chi connectivity index (χ4n) is 2.26. The van der Waals surface area contributed by atoms with Gasteiger partial charge in [0.25, 0.3) is 0 Å². The number of hydrogen-bond acceptors (Lipinski definition) is 4. The SMILES string of the molecule is CC(C)(C)OC(=O)N[C@H](/C=C/CC(=O)O)Cc1ccc(OC(C)(C)C)cc1. The van der Waals surface area contributed by atoms with Crippen LogP contribution in [0.1, 0.15) is 53.5 Å². The summed E-state index contributed by atoms with van der Waals surface area (Å²) in [5.41, 5.74) is 0.102. The fraction of sp³-hybridized carbons (Fsp3) is 0.524. The van der Waals surface area contributed by atoms with E-state index >= 15 is 0 Å². The first-order valence-corrected chi connectivity index (χ1v) is 9.00. The predicted molar refractivity (Wildman–Crippen MR) is 105 cm³/mol. The van der Waals surface area contributed by atoms with E-state index in [-0.39, 0.29) is 18.1 Å². The number of carboxylic acids is 1. The zero-order valence-electron chi connectivity index (χ0n) is 17.0. The van der Waals surface area contributed by atoms with Crippen molar-refractivity contribution in [1.29, 1.82) is 0 Å². The first-order chi connectivity index (χ1) is 12.3. The lowest BCUT2D eigenvalue weighted by molar-refractivity contribution is -0.136. The van der Waals surface area contributed by atoms with E-state index in [0.717, 1.165) is 11.3 Å². The number of alkyl carbamates (subject to hydrolysis) is 1. The highest BCUT2D eigenvalue weighted by molar-refractivity contribution is 5.69. The topological polar surface area (TPSA) is 84.9 Å². The lowest BCUT2D eigenvalue weighted by atomic mass is 10.0. The number of hydrogen-bond donors (Lipinski definition) is 2. The van der Waals surface area contributed by atoms with Gasteiger partial charge in [-0.05, 0) is 65.7 Å². The monoisotopic (exact) mass is 377 g/mol. The summed E-state index contributed by atoms with van der Waals surface area (Å²) >= 11 is 0. The van der Waals surface area contributed by atoms with E-state index in [1.807, 2.05) is 45.0 Å². The van der Waals surface area contributed by atoms with Crippen LogP contribution in [0.25, 0.3) is 0 Å². The lowest BCUT2D eigenvalue weighted by Gasteiger charge is -2.23. The van der Waals surface area contributed by atoms with E-state index in [2.05, 4.69) is 5.32 Å². The number of rotatable bonds is 7. The summed E-state index contributed by atoms with van der Waals surface area (Å²) in [7, 11) is 0. The molecular formula is C21H31NO5. The Balaban J connectivity index is 2.81. The van der Waals surface area contributed by atoms with Crippen LogP contribution in [0.15, 0.2) is 36.4 Å². The average molecular weight is 377 g/mol. The Morgan fingerprint density at radius 2 is 1.67 bits per heavy atom. The molecule has 150 valence electrons. The molecule has 6 nitrogen and oxygen atoms in total. The van der Waals surface area contributed by atoms with Gasteiger partial charge in [-0.15, -0.1) is 0 Å². The van der Waals surface area contributed by atoms with Crippen molar-refractivity contribution >= 4 is 12.1 Å². The van der Waals surface area contributed by atoms with Crippen molar-refractivity contribution in [2.24, 2.45) is 0 Å². The average Bonchev–Trinajstić information content (AvgIpc) is 2.45. The maximum absolute atomic E-state index is 12.1.